The number of aryl methyl sites for hydroxylation is 1. The van der Waals surface area contributed by atoms with Crippen LogP contribution in [0.5, 0.6) is 0 Å². The Balaban J connectivity index is 2.05. The summed E-state index contributed by atoms with van der Waals surface area (Å²) in [5, 5.41) is 2.74. The molecule has 0 atom stereocenters. The first-order chi connectivity index (χ1) is 9.69. The molecule has 2 aromatic rings. The topological polar surface area (TPSA) is 68.0 Å². The van der Waals surface area contributed by atoms with Gasteiger partial charge in [-0.2, -0.15) is 0 Å². The molecule has 20 heavy (non-hydrogen) atoms. The fourth-order valence-electron chi connectivity index (χ4n) is 1.82. The van der Waals surface area contributed by atoms with Crippen molar-refractivity contribution >= 4 is 11.6 Å². The van der Waals surface area contributed by atoms with Gasteiger partial charge in [0.2, 0.25) is 0 Å². The van der Waals surface area contributed by atoms with Gasteiger partial charge in [-0.15, -0.1) is 0 Å². The van der Waals surface area contributed by atoms with Gasteiger partial charge in [-0.05, 0) is 49.2 Å². The third-order valence-electron chi connectivity index (χ3n) is 2.81. The van der Waals surface area contributed by atoms with Crippen molar-refractivity contribution in [2.45, 2.75) is 12.8 Å². The molecule has 0 radical (unpaired) electrons. The van der Waals surface area contributed by atoms with Crippen LogP contribution in [0.2, 0.25) is 0 Å². The number of amides is 1. The van der Waals surface area contributed by atoms with Crippen molar-refractivity contribution in [2.24, 2.45) is 5.73 Å². The average molecular weight is 273 g/mol. The highest BCUT2D eigenvalue weighted by Gasteiger charge is 2.07. The summed E-state index contributed by atoms with van der Waals surface area (Å²) >= 11 is 0. The fraction of sp³-hybridized carbons (Fsp3) is 0.200. The summed E-state index contributed by atoms with van der Waals surface area (Å²) < 4.78 is 12.7. The second-order valence-electron chi connectivity index (χ2n) is 4.41. The summed E-state index contributed by atoms with van der Waals surface area (Å²) in [6.07, 6.45) is 2.79. The van der Waals surface area contributed by atoms with Crippen LogP contribution in [0.25, 0.3) is 0 Å². The molecule has 1 amide bonds. The first kappa shape index (κ1) is 14.1. The molecule has 0 aliphatic heterocycles. The van der Waals surface area contributed by atoms with Crippen LogP contribution in [0.1, 0.15) is 22.5 Å². The lowest BCUT2D eigenvalue weighted by Gasteiger charge is -2.07. The standard InChI is InChI=1S/C15H16FN3O/c16-12-6-7-14(18-10-12)15(20)19-13-5-1-3-11(9-13)4-2-8-17/h1,3,5-7,9-10H,2,4,8,17H2,(H,19,20). The number of carbonyl (C=O) groups excluding carboxylic acids is 1. The number of nitrogens with zero attached hydrogens (tertiary/aromatic N) is 1. The zero-order chi connectivity index (χ0) is 14.4. The number of hydrogen-bond acceptors (Lipinski definition) is 3. The van der Waals surface area contributed by atoms with Crippen LogP contribution >= 0.6 is 0 Å². The van der Waals surface area contributed by atoms with E-state index >= 15 is 0 Å². The minimum Gasteiger partial charge on any atom is -0.330 e. The van der Waals surface area contributed by atoms with E-state index in [0.717, 1.165) is 24.6 Å². The summed E-state index contributed by atoms with van der Waals surface area (Å²) in [6.45, 7) is 0.635. The van der Waals surface area contributed by atoms with E-state index in [0.29, 0.717) is 12.2 Å². The maximum Gasteiger partial charge on any atom is 0.274 e. The van der Waals surface area contributed by atoms with Crippen molar-refractivity contribution in [3.8, 4) is 0 Å². The van der Waals surface area contributed by atoms with E-state index in [2.05, 4.69) is 10.3 Å². The van der Waals surface area contributed by atoms with Crippen molar-refractivity contribution in [2.75, 3.05) is 11.9 Å². The second kappa shape index (κ2) is 6.77. The van der Waals surface area contributed by atoms with Crippen molar-refractivity contribution in [3.63, 3.8) is 0 Å². The Labute approximate surface area is 116 Å². The highest BCUT2D eigenvalue weighted by molar-refractivity contribution is 6.02. The van der Waals surface area contributed by atoms with E-state index in [9.17, 15) is 9.18 Å². The molecule has 0 unspecified atom stereocenters. The number of pyridine rings is 1. The van der Waals surface area contributed by atoms with Crippen LogP contribution in [-0.2, 0) is 6.42 Å². The fourth-order valence-corrected chi connectivity index (χ4v) is 1.82. The van der Waals surface area contributed by atoms with Gasteiger partial charge >= 0.3 is 0 Å². The Hall–Kier alpha value is -2.27. The predicted octanol–water partition coefficient (Wildman–Crippen LogP) is 2.36. The van der Waals surface area contributed by atoms with Gasteiger partial charge in [0.15, 0.2) is 0 Å². The number of nitrogens with one attached hydrogen (secondary N) is 1. The molecule has 0 bridgehead atoms. The van der Waals surface area contributed by atoms with Gasteiger partial charge in [0.1, 0.15) is 11.5 Å². The lowest BCUT2D eigenvalue weighted by Crippen LogP contribution is -2.13. The van der Waals surface area contributed by atoms with Gasteiger partial charge in [0.05, 0.1) is 6.20 Å². The van der Waals surface area contributed by atoms with Crippen LogP contribution < -0.4 is 11.1 Å². The van der Waals surface area contributed by atoms with Crippen LogP contribution in [0, 0.1) is 5.82 Å². The van der Waals surface area contributed by atoms with E-state index in [-0.39, 0.29) is 11.6 Å². The zero-order valence-corrected chi connectivity index (χ0v) is 11.0. The molecule has 5 heteroatoms. The van der Waals surface area contributed by atoms with Gasteiger partial charge < -0.3 is 11.1 Å². The van der Waals surface area contributed by atoms with Crippen molar-refractivity contribution in [3.05, 3.63) is 59.7 Å². The average Bonchev–Trinajstić information content (AvgIpc) is 2.46. The number of aromatic nitrogens is 1. The lowest BCUT2D eigenvalue weighted by atomic mass is 10.1. The number of benzene rings is 1. The normalized spacial score (nSPS) is 10.3. The van der Waals surface area contributed by atoms with Gasteiger partial charge in [0.25, 0.3) is 5.91 Å². The Morgan fingerprint density at radius 3 is 2.85 bits per heavy atom. The van der Waals surface area contributed by atoms with E-state index in [1.54, 1.807) is 6.07 Å². The summed E-state index contributed by atoms with van der Waals surface area (Å²) in [4.78, 5) is 15.7. The molecule has 0 aliphatic carbocycles. The number of anilines is 1. The molecule has 0 saturated heterocycles. The molecule has 104 valence electrons. The Kier molecular flexibility index (Phi) is 4.79. The smallest absolute Gasteiger partial charge is 0.274 e. The molecule has 0 spiro atoms. The molecule has 0 fully saturated rings. The monoisotopic (exact) mass is 273 g/mol. The first-order valence-electron chi connectivity index (χ1n) is 6.41. The molecule has 0 aliphatic rings. The van der Waals surface area contributed by atoms with Crippen LogP contribution in [0.3, 0.4) is 0 Å². The number of rotatable bonds is 5. The summed E-state index contributed by atoms with van der Waals surface area (Å²) in [5.74, 6) is -0.827. The molecular formula is C15H16FN3O. The lowest BCUT2D eigenvalue weighted by molar-refractivity contribution is 0.102. The zero-order valence-electron chi connectivity index (χ0n) is 11.0. The number of nitrogens with two attached hydrogens (primary N) is 1. The van der Waals surface area contributed by atoms with Crippen LogP contribution in [-0.4, -0.2) is 17.4 Å². The third kappa shape index (κ3) is 3.86. The summed E-state index contributed by atoms with van der Waals surface area (Å²) in [5.41, 5.74) is 7.46. The van der Waals surface area contributed by atoms with Crippen molar-refractivity contribution in [1.82, 2.24) is 4.98 Å². The Morgan fingerprint density at radius 1 is 1.30 bits per heavy atom. The molecule has 4 nitrogen and oxygen atoms in total. The van der Waals surface area contributed by atoms with Crippen molar-refractivity contribution < 1.29 is 9.18 Å². The molecule has 1 aromatic heterocycles. The van der Waals surface area contributed by atoms with E-state index in [1.807, 2.05) is 18.2 Å². The number of hydrogen-bond donors (Lipinski definition) is 2. The number of halogens is 1. The second-order valence-corrected chi connectivity index (χ2v) is 4.41. The van der Waals surface area contributed by atoms with Gasteiger partial charge in [-0.1, -0.05) is 12.1 Å². The maximum atomic E-state index is 12.7. The first-order valence-corrected chi connectivity index (χ1v) is 6.41. The molecule has 1 aromatic carbocycles. The Bertz CT molecular complexity index is 584. The van der Waals surface area contributed by atoms with E-state index < -0.39 is 5.82 Å². The van der Waals surface area contributed by atoms with Crippen LogP contribution in [0.4, 0.5) is 10.1 Å². The van der Waals surface area contributed by atoms with E-state index in [1.165, 1.54) is 12.1 Å². The largest absolute Gasteiger partial charge is 0.330 e. The third-order valence-corrected chi connectivity index (χ3v) is 2.81. The van der Waals surface area contributed by atoms with Crippen LogP contribution in [0.15, 0.2) is 42.6 Å². The molecule has 1 heterocycles. The minimum absolute atomic E-state index is 0.179. The van der Waals surface area contributed by atoms with Gasteiger partial charge in [-0.25, -0.2) is 9.37 Å². The van der Waals surface area contributed by atoms with Crippen molar-refractivity contribution in [1.29, 1.82) is 0 Å². The Morgan fingerprint density at radius 2 is 2.15 bits per heavy atom. The maximum absolute atomic E-state index is 12.7. The summed E-state index contributed by atoms with van der Waals surface area (Å²) in [6, 6.07) is 10.1. The van der Waals surface area contributed by atoms with Gasteiger partial charge in [0, 0.05) is 5.69 Å². The summed E-state index contributed by atoms with van der Waals surface area (Å²) in [7, 11) is 0. The minimum atomic E-state index is -0.467. The molecule has 2 rings (SSSR count). The number of carbonyl (C=O) groups is 1. The van der Waals surface area contributed by atoms with E-state index in [4.69, 9.17) is 5.73 Å². The SMILES string of the molecule is NCCCc1cccc(NC(=O)c2ccc(F)cn2)c1. The van der Waals surface area contributed by atoms with Gasteiger partial charge in [-0.3, -0.25) is 4.79 Å². The molecule has 3 N–H and O–H groups in total. The quantitative estimate of drug-likeness (QED) is 0.878. The molecule has 0 saturated carbocycles. The predicted molar refractivity (Wildman–Crippen MR) is 76.0 cm³/mol. The molecular weight excluding hydrogens is 257 g/mol. The highest BCUT2D eigenvalue weighted by atomic mass is 19.1. The highest BCUT2D eigenvalue weighted by Crippen LogP contribution is 2.13.